The predicted octanol–water partition coefficient (Wildman–Crippen LogP) is 7.74. The molecule has 0 amide bonds. The van der Waals surface area contributed by atoms with Crippen molar-refractivity contribution in [2.24, 2.45) is 9.85 Å². The van der Waals surface area contributed by atoms with Crippen molar-refractivity contribution in [2.45, 2.75) is 33.1 Å². The van der Waals surface area contributed by atoms with Crippen molar-refractivity contribution in [3.8, 4) is 0 Å². The van der Waals surface area contributed by atoms with E-state index in [1.165, 1.54) is 29.1 Å². The minimum absolute atomic E-state index is 0.0486. The van der Waals surface area contributed by atoms with E-state index in [1.54, 1.807) is 12.1 Å². The number of non-ortho nitro benzene ring substituents is 1. The molecular weight excluding hydrogens is 495 g/mol. The lowest BCUT2D eigenvalue weighted by atomic mass is 9.84. The van der Waals surface area contributed by atoms with Crippen LogP contribution in [0.5, 0.6) is 0 Å². The van der Waals surface area contributed by atoms with Crippen LogP contribution in [0.2, 0.25) is 0 Å². The molecule has 0 saturated heterocycles. The molecule has 0 fully saturated rings. The molecule has 0 aromatic heterocycles. The Morgan fingerprint density at radius 3 is 2.21 bits per heavy atom. The van der Waals surface area contributed by atoms with Gasteiger partial charge in [0, 0.05) is 49.1 Å². The minimum Gasteiger partial charge on any atom is -0.346 e. The Hall–Kier alpha value is -3.74. The van der Waals surface area contributed by atoms with Gasteiger partial charge in [-0.15, -0.1) is 0 Å². The summed E-state index contributed by atoms with van der Waals surface area (Å²) in [6.45, 7) is 10.4. The summed E-state index contributed by atoms with van der Waals surface area (Å²) in [4.78, 5) is 13.2. The Morgan fingerprint density at radius 1 is 0.974 bits per heavy atom. The normalized spacial score (nSPS) is 21.7. The van der Waals surface area contributed by atoms with Gasteiger partial charge in [0.1, 0.15) is 0 Å². The molecule has 8 nitrogen and oxygen atoms in total. The number of likely N-dealkylation sites (N-methyl/N-ethyl adjacent to an activating group) is 1. The number of hydrogen-bond donors (Lipinski definition) is 0. The van der Waals surface area contributed by atoms with Crippen molar-refractivity contribution in [3.63, 3.8) is 0 Å². The number of fused-ring (bicyclic) bond motifs is 1. The van der Waals surface area contributed by atoms with Crippen LogP contribution in [0.25, 0.3) is 0 Å². The van der Waals surface area contributed by atoms with E-state index >= 15 is 0 Å². The highest BCUT2D eigenvalue weighted by Crippen LogP contribution is 2.70. The van der Waals surface area contributed by atoms with E-state index in [9.17, 15) is 10.1 Å². The van der Waals surface area contributed by atoms with Crippen LogP contribution in [0.3, 0.4) is 0 Å². The summed E-state index contributed by atoms with van der Waals surface area (Å²) in [6, 6.07) is 25.2. The molecule has 0 saturated carbocycles. The number of hydrazone groups is 1. The Morgan fingerprint density at radius 2 is 1.61 bits per heavy atom. The smallest absolute Gasteiger partial charge is 0.269 e. The molecule has 0 N–H and O–H groups in total. The highest BCUT2D eigenvalue weighted by Gasteiger charge is 2.49. The molecule has 2 aliphatic rings. The summed E-state index contributed by atoms with van der Waals surface area (Å²) < 4.78 is 10.0. The number of benzene rings is 3. The molecule has 9 heteroatoms. The van der Waals surface area contributed by atoms with Gasteiger partial charge in [-0.3, -0.25) is 10.1 Å². The second-order valence-electron chi connectivity index (χ2n) is 9.89. The summed E-state index contributed by atoms with van der Waals surface area (Å²) in [5.74, 6) is 0. The topological polar surface area (TPSA) is 77.6 Å². The Labute approximate surface area is 224 Å². The lowest BCUT2D eigenvalue weighted by Gasteiger charge is -2.40. The number of nitrogens with zero attached hydrogens (tertiary/aromatic N) is 6. The molecule has 0 bridgehead atoms. The van der Waals surface area contributed by atoms with Crippen molar-refractivity contribution in [2.75, 3.05) is 29.8 Å². The van der Waals surface area contributed by atoms with Crippen molar-refractivity contribution in [1.29, 1.82) is 0 Å². The zero-order chi connectivity index (χ0) is 27.1. The number of rotatable bonds is 6. The highest BCUT2D eigenvalue weighted by molar-refractivity contribution is 7.71. The Bertz CT molecular complexity index is 1480. The Balaban J connectivity index is 1.86. The van der Waals surface area contributed by atoms with E-state index in [1.807, 2.05) is 24.4 Å². The SMILES string of the molecule is CCN(CC)[P@@]1(=Nc2ccc([N+](=O)[O-])cc2)/C(=C2\N(C)c3ccccc3C2(C)C)C=NN1c1ccccc1. The third-order valence-electron chi connectivity index (χ3n) is 7.41. The fraction of sp³-hybridized carbons (Fsp3) is 0.276. The van der Waals surface area contributed by atoms with Gasteiger partial charge in [-0.2, -0.15) is 5.10 Å². The van der Waals surface area contributed by atoms with Crippen LogP contribution in [0.4, 0.5) is 22.7 Å². The van der Waals surface area contributed by atoms with Crippen molar-refractivity contribution in [1.82, 2.24) is 4.67 Å². The second-order valence-corrected chi connectivity index (χ2v) is 12.6. The molecular formula is C29H33N6O2P. The van der Waals surface area contributed by atoms with Crippen LogP contribution in [0.15, 0.2) is 99.7 Å². The molecule has 0 spiro atoms. The third kappa shape index (κ3) is 3.96. The predicted molar refractivity (Wildman–Crippen MR) is 157 cm³/mol. The summed E-state index contributed by atoms with van der Waals surface area (Å²) in [5.41, 5.74) is 5.05. The van der Waals surface area contributed by atoms with Gasteiger partial charge >= 0.3 is 0 Å². The fourth-order valence-corrected chi connectivity index (χ4v) is 9.54. The molecule has 0 radical (unpaired) electrons. The first-order valence-corrected chi connectivity index (χ1v) is 14.5. The molecule has 0 unspecified atom stereocenters. The lowest BCUT2D eigenvalue weighted by molar-refractivity contribution is -0.384. The molecule has 3 aromatic rings. The number of anilines is 2. The van der Waals surface area contributed by atoms with E-state index in [0.717, 1.165) is 24.1 Å². The zero-order valence-electron chi connectivity index (χ0n) is 22.4. The Kier molecular flexibility index (Phi) is 6.72. The van der Waals surface area contributed by atoms with E-state index < -0.39 is 7.36 Å². The minimum atomic E-state index is -2.72. The van der Waals surface area contributed by atoms with Gasteiger partial charge in [-0.25, -0.2) is 14.2 Å². The van der Waals surface area contributed by atoms with Gasteiger partial charge in [0.15, 0.2) is 7.36 Å². The number of nitro benzene ring substituents is 1. The summed E-state index contributed by atoms with van der Waals surface area (Å²) >= 11 is 0. The van der Waals surface area contributed by atoms with Crippen molar-refractivity contribution >= 4 is 36.3 Å². The van der Waals surface area contributed by atoms with Crippen LogP contribution >= 0.6 is 7.36 Å². The van der Waals surface area contributed by atoms with Gasteiger partial charge in [-0.1, -0.05) is 64.1 Å². The first kappa shape index (κ1) is 25.9. The fourth-order valence-electron chi connectivity index (χ4n) is 5.66. The number of hydrogen-bond acceptors (Lipinski definition) is 5. The van der Waals surface area contributed by atoms with Gasteiger partial charge in [0.25, 0.3) is 5.69 Å². The lowest BCUT2D eigenvalue weighted by Crippen LogP contribution is -2.31. The van der Waals surface area contributed by atoms with E-state index in [4.69, 9.17) is 9.85 Å². The van der Waals surface area contributed by atoms with Gasteiger partial charge < -0.3 is 4.90 Å². The maximum atomic E-state index is 11.3. The highest BCUT2D eigenvalue weighted by atomic mass is 31.2. The van der Waals surface area contributed by atoms with Crippen molar-refractivity contribution < 1.29 is 4.92 Å². The van der Waals surface area contributed by atoms with Crippen LogP contribution in [0.1, 0.15) is 33.3 Å². The molecule has 5 rings (SSSR count). The molecule has 3 aromatic carbocycles. The van der Waals surface area contributed by atoms with Crippen LogP contribution in [-0.4, -0.2) is 35.9 Å². The summed E-state index contributed by atoms with van der Waals surface area (Å²) in [5, 5.41) is 17.5. The van der Waals surface area contributed by atoms with E-state index in [0.29, 0.717) is 5.69 Å². The molecule has 38 heavy (non-hydrogen) atoms. The van der Waals surface area contributed by atoms with Gasteiger partial charge in [-0.05, 0) is 35.9 Å². The van der Waals surface area contributed by atoms with Crippen LogP contribution in [-0.2, 0) is 5.41 Å². The number of allylic oxidation sites excluding steroid dienone is 2. The van der Waals surface area contributed by atoms with Crippen LogP contribution < -0.4 is 9.68 Å². The average molecular weight is 529 g/mol. The van der Waals surface area contributed by atoms with E-state index in [2.05, 4.69) is 85.5 Å². The van der Waals surface area contributed by atoms with Gasteiger partial charge in [0.2, 0.25) is 0 Å². The molecule has 2 aliphatic heterocycles. The summed E-state index contributed by atoms with van der Waals surface area (Å²) in [6.07, 6.45) is 1.99. The molecule has 0 aliphatic carbocycles. The van der Waals surface area contributed by atoms with Crippen molar-refractivity contribution in [3.05, 3.63) is 106 Å². The zero-order valence-corrected chi connectivity index (χ0v) is 23.3. The van der Waals surface area contributed by atoms with Gasteiger partial charge in [0.05, 0.1) is 27.8 Å². The summed E-state index contributed by atoms with van der Waals surface area (Å²) in [7, 11) is -0.595. The molecule has 196 valence electrons. The second kappa shape index (κ2) is 9.86. The maximum absolute atomic E-state index is 11.3. The number of nitro groups is 1. The largest absolute Gasteiger partial charge is 0.346 e. The monoisotopic (exact) mass is 528 g/mol. The quantitative estimate of drug-likeness (QED) is 0.186. The van der Waals surface area contributed by atoms with E-state index in [-0.39, 0.29) is 16.0 Å². The maximum Gasteiger partial charge on any atom is 0.269 e. The third-order valence-corrected chi connectivity index (χ3v) is 11.1. The van der Waals surface area contributed by atoms with Crippen LogP contribution in [0, 0.1) is 10.1 Å². The first-order chi connectivity index (χ1) is 18.3. The molecule has 2 heterocycles. The standard InChI is InChI=1S/C29H33N6O2P/c1-6-33(7-2)38(31-22-17-19-24(20-18-22)35(36)37)27(21-30-34(38)23-13-9-8-10-14-23)28-29(3,4)25-15-11-12-16-26(25)32(28)5/h8-21H,6-7H2,1-5H3/b28-27-/t38-/m0/s1. The number of para-hydroxylation sites is 2. The first-order valence-electron chi connectivity index (χ1n) is 12.9. The average Bonchev–Trinajstić information content (AvgIpc) is 3.37. The molecule has 1 atom stereocenters.